The van der Waals surface area contributed by atoms with Crippen LogP contribution in [0.1, 0.15) is 6.42 Å². The van der Waals surface area contributed by atoms with Crippen LogP contribution in [0.3, 0.4) is 0 Å². The average Bonchev–Trinajstić information content (AvgIpc) is 2.73. The first-order chi connectivity index (χ1) is 14.8. The molecule has 0 aliphatic carbocycles. The number of halogens is 1. The monoisotopic (exact) mass is 444 g/mol. The summed E-state index contributed by atoms with van der Waals surface area (Å²) in [6, 6.07) is 18.4. The van der Waals surface area contributed by atoms with Crippen molar-refractivity contribution in [1.29, 1.82) is 0 Å². The molecule has 0 heterocycles. The Kier molecular flexibility index (Phi) is 7.49. The smallest absolute Gasteiger partial charge is 0.261 e. The molecule has 0 bridgehead atoms. The molecule has 0 amide bonds. The molecule has 31 heavy (non-hydrogen) atoms. The second-order valence-electron chi connectivity index (χ2n) is 7.17. The van der Waals surface area contributed by atoms with Gasteiger partial charge in [0.15, 0.2) is 0 Å². The van der Waals surface area contributed by atoms with E-state index in [4.69, 9.17) is 9.47 Å². The molecule has 0 aliphatic rings. The first kappa shape index (κ1) is 22.6. The van der Waals surface area contributed by atoms with Crippen LogP contribution in [0.4, 0.5) is 10.1 Å². The number of ether oxygens (including phenoxy) is 2. The van der Waals surface area contributed by atoms with E-state index >= 15 is 0 Å². The number of hydrogen-bond donors (Lipinski definition) is 1. The van der Waals surface area contributed by atoms with Gasteiger partial charge >= 0.3 is 0 Å². The van der Waals surface area contributed by atoms with Gasteiger partial charge in [-0.1, -0.05) is 6.07 Å². The molecular weight excluding hydrogens is 419 g/mol. The van der Waals surface area contributed by atoms with Gasteiger partial charge < -0.3 is 14.4 Å². The van der Waals surface area contributed by atoms with E-state index in [1.807, 2.05) is 14.1 Å². The highest BCUT2D eigenvalue weighted by atomic mass is 32.2. The maximum absolute atomic E-state index is 13.0. The average molecular weight is 445 g/mol. The van der Waals surface area contributed by atoms with Crippen molar-refractivity contribution in [3.63, 3.8) is 0 Å². The maximum Gasteiger partial charge on any atom is 0.261 e. The number of anilines is 1. The Morgan fingerprint density at radius 3 is 2.26 bits per heavy atom. The summed E-state index contributed by atoms with van der Waals surface area (Å²) in [5.74, 6) is 1.13. The zero-order chi connectivity index (χ0) is 22.3. The Hall–Kier alpha value is -3.10. The van der Waals surface area contributed by atoms with Crippen LogP contribution in [0.15, 0.2) is 77.7 Å². The van der Waals surface area contributed by atoms with E-state index in [1.54, 1.807) is 36.4 Å². The molecule has 8 heteroatoms. The molecule has 0 spiro atoms. The molecule has 0 aliphatic heterocycles. The zero-order valence-corrected chi connectivity index (χ0v) is 18.2. The molecule has 164 valence electrons. The first-order valence-corrected chi connectivity index (χ1v) is 11.2. The minimum absolute atomic E-state index is 0.123. The lowest BCUT2D eigenvalue weighted by atomic mass is 10.3. The van der Waals surface area contributed by atoms with E-state index in [2.05, 4.69) is 9.62 Å². The second kappa shape index (κ2) is 10.3. The number of benzene rings is 3. The number of nitrogens with zero attached hydrogens (tertiary/aromatic N) is 1. The molecule has 0 radical (unpaired) electrons. The van der Waals surface area contributed by atoms with Crippen molar-refractivity contribution < 1.29 is 22.3 Å². The van der Waals surface area contributed by atoms with Crippen LogP contribution < -0.4 is 14.2 Å². The van der Waals surface area contributed by atoms with Gasteiger partial charge in [-0.15, -0.1) is 0 Å². The molecule has 1 N–H and O–H groups in total. The quantitative estimate of drug-likeness (QED) is 0.457. The van der Waals surface area contributed by atoms with Crippen LogP contribution in [0.5, 0.6) is 17.2 Å². The van der Waals surface area contributed by atoms with E-state index in [1.165, 1.54) is 36.4 Å². The molecule has 6 nitrogen and oxygen atoms in total. The van der Waals surface area contributed by atoms with Crippen molar-refractivity contribution in [2.45, 2.75) is 11.3 Å². The summed E-state index contributed by atoms with van der Waals surface area (Å²) in [5, 5.41) is 0. The number of sulfonamides is 1. The van der Waals surface area contributed by atoms with Crippen LogP contribution in [0, 0.1) is 5.82 Å². The molecular formula is C23H25FN2O4S. The normalized spacial score (nSPS) is 11.4. The third kappa shape index (κ3) is 6.97. The predicted molar refractivity (Wildman–Crippen MR) is 119 cm³/mol. The van der Waals surface area contributed by atoms with Crippen LogP contribution in [-0.2, 0) is 10.0 Å². The van der Waals surface area contributed by atoms with Gasteiger partial charge in [0.25, 0.3) is 10.0 Å². The van der Waals surface area contributed by atoms with Crippen molar-refractivity contribution in [3.05, 3.63) is 78.6 Å². The van der Waals surface area contributed by atoms with Crippen LogP contribution in [-0.4, -0.2) is 40.6 Å². The lowest BCUT2D eigenvalue weighted by Crippen LogP contribution is -2.15. The van der Waals surface area contributed by atoms with Crippen molar-refractivity contribution in [1.82, 2.24) is 4.90 Å². The van der Waals surface area contributed by atoms with E-state index < -0.39 is 10.0 Å². The first-order valence-electron chi connectivity index (χ1n) is 9.76. The fraction of sp³-hybridized carbons (Fsp3) is 0.217. The third-order valence-electron chi connectivity index (χ3n) is 4.29. The molecule has 0 saturated heterocycles. The third-order valence-corrected chi connectivity index (χ3v) is 5.69. The molecule has 0 saturated carbocycles. The number of hydrogen-bond acceptors (Lipinski definition) is 5. The van der Waals surface area contributed by atoms with Crippen molar-refractivity contribution in [3.8, 4) is 17.2 Å². The van der Waals surface area contributed by atoms with Gasteiger partial charge in [-0.2, -0.15) is 0 Å². The van der Waals surface area contributed by atoms with E-state index in [-0.39, 0.29) is 10.7 Å². The van der Waals surface area contributed by atoms with Gasteiger partial charge in [0, 0.05) is 12.6 Å². The number of rotatable bonds is 10. The summed E-state index contributed by atoms with van der Waals surface area (Å²) >= 11 is 0. The zero-order valence-electron chi connectivity index (χ0n) is 17.4. The Morgan fingerprint density at radius 1 is 0.903 bits per heavy atom. The molecule has 0 aromatic heterocycles. The Balaban J connectivity index is 1.63. The Morgan fingerprint density at radius 2 is 1.58 bits per heavy atom. The highest BCUT2D eigenvalue weighted by Gasteiger charge is 2.15. The summed E-state index contributed by atoms with van der Waals surface area (Å²) in [5.41, 5.74) is 0.351. The van der Waals surface area contributed by atoms with Gasteiger partial charge in [0.1, 0.15) is 23.1 Å². The summed E-state index contributed by atoms with van der Waals surface area (Å²) < 4.78 is 52.3. The largest absolute Gasteiger partial charge is 0.494 e. The van der Waals surface area contributed by atoms with E-state index in [9.17, 15) is 12.8 Å². The fourth-order valence-corrected chi connectivity index (χ4v) is 3.81. The molecule has 3 rings (SSSR count). The Labute approximate surface area is 182 Å². The maximum atomic E-state index is 13.0. The summed E-state index contributed by atoms with van der Waals surface area (Å²) in [7, 11) is 0.215. The van der Waals surface area contributed by atoms with E-state index in [0.717, 1.165) is 13.0 Å². The molecule has 0 unspecified atom stereocenters. The lowest BCUT2D eigenvalue weighted by molar-refractivity contribution is 0.281. The minimum Gasteiger partial charge on any atom is -0.494 e. The molecule has 0 atom stereocenters. The topological polar surface area (TPSA) is 67.9 Å². The van der Waals surface area contributed by atoms with Gasteiger partial charge in [0.05, 0.1) is 17.2 Å². The Bertz CT molecular complexity index is 1090. The highest BCUT2D eigenvalue weighted by Crippen LogP contribution is 2.26. The summed E-state index contributed by atoms with van der Waals surface area (Å²) in [6.07, 6.45) is 0.880. The molecule has 3 aromatic rings. The predicted octanol–water partition coefficient (Wildman–Crippen LogP) is 4.75. The van der Waals surface area contributed by atoms with E-state index in [0.29, 0.717) is 29.5 Å². The van der Waals surface area contributed by atoms with Crippen molar-refractivity contribution >= 4 is 15.7 Å². The standard InChI is InChI=1S/C23H25FN2O4S/c1-26(2)15-4-16-29-20-11-13-23(14-12-20)31(27,28)25-19-5-3-6-22(17-19)30-21-9-7-18(24)8-10-21/h3,5-14,17,25H,4,15-16H2,1-2H3. The lowest BCUT2D eigenvalue weighted by Gasteiger charge is -2.12. The summed E-state index contributed by atoms with van der Waals surface area (Å²) in [6.45, 7) is 1.48. The molecule has 3 aromatic carbocycles. The fourth-order valence-electron chi connectivity index (χ4n) is 2.76. The van der Waals surface area contributed by atoms with Crippen molar-refractivity contribution in [2.24, 2.45) is 0 Å². The van der Waals surface area contributed by atoms with Crippen LogP contribution in [0.25, 0.3) is 0 Å². The van der Waals surface area contributed by atoms with Gasteiger partial charge in [0.2, 0.25) is 0 Å². The van der Waals surface area contributed by atoms with Gasteiger partial charge in [-0.3, -0.25) is 4.72 Å². The van der Waals surface area contributed by atoms with Crippen LogP contribution >= 0.6 is 0 Å². The minimum atomic E-state index is -3.78. The van der Waals surface area contributed by atoms with Crippen molar-refractivity contribution in [2.75, 3.05) is 32.0 Å². The number of nitrogens with one attached hydrogen (secondary N) is 1. The summed E-state index contributed by atoms with van der Waals surface area (Å²) in [4.78, 5) is 2.20. The second-order valence-corrected chi connectivity index (χ2v) is 8.85. The SMILES string of the molecule is CN(C)CCCOc1ccc(S(=O)(=O)Nc2cccc(Oc3ccc(F)cc3)c2)cc1. The molecule has 0 fully saturated rings. The van der Waals surface area contributed by atoms with Crippen LogP contribution in [0.2, 0.25) is 0 Å². The van der Waals surface area contributed by atoms with Gasteiger partial charge in [-0.05, 0) is 81.2 Å². The van der Waals surface area contributed by atoms with Gasteiger partial charge in [-0.25, -0.2) is 12.8 Å². The highest BCUT2D eigenvalue weighted by molar-refractivity contribution is 7.92.